The van der Waals surface area contributed by atoms with Crippen LogP contribution < -0.4 is 0 Å². The monoisotopic (exact) mass is 1880 g/mol. The molecular formula is C119H78Cl4N16. The van der Waals surface area contributed by atoms with E-state index in [1.807, 2.05) is 127 Å². The highest BCUT2D eigenvalue weighted by molar-refractivity contribution is 6.30. The molecule has 26 aromatic rings. The SMILES string of the molecule is Cc1cc(C)cc(-c2nc(Cl)nc(-c3cccc4c3c3ccccc3n4-c3ccc4ccccc4c3)n2)c1.Cc1ccccc1-n1c2ccccc2c2ccc(-c3nc(Cl)nc(-c4ccccc4)n3)cc21.Clc1nc(-c2ccccc2)nc(-c2ccc3c(c2)c2cc4ccccc4cc2n3-c2ccccc2)n1.[2H]c1c([2H])c([2H])c(-c2nc(Cl)nc(-c3ccc4c5ccccc5n(-c5ccccc5)c4c3)n2)c([2H])c1[2H]. The molecule has 0 N–H and O–H groups in total. The third-order valence-electron chi connectivity index (χ3n) is 24.8. The van der Waals surface area contributed by atoms with E-state index >= 15 is 0 Å². The Balaban J connectivity index is 0.000000106. The predicted octanol–water partition coefficient (Wildman–Crippen LogP) is 31.1. The molecule has 0 radical (unpaired) electrons. The lowest BCUT2D eigenvalue weighted by molar-refractivity contribution is 1.06. The molecule has 0 spiro atoms. The summed E-state index contributed by atoms with van der Waals surface area (Å²) in [6, 6.07) is 131. The number of hydrogen-bond acceptors (Lipinski definition) is 12. The number of rotatable bonds is 12. The molecule has 20 heteroatoms. The molecule has 8 aromatic heterocycles. The molecule has 0 saturated heterocycles. The van der Waals surface area contributed by atoms with Gasteiger partial charge in [0.05, 0.1) is 51.0 Å². The normalized spacial score (nSPS) is 11.9. The number of aromatic nitrogens is 16. The average molecular weight is 1880 g/mol. The minimum atomic E-state index is -0.488. The van der Waals surface area contributed by atoms with Gasteiger partial charge in [-0.05, 0) is 216 Å². The lowest BCUT2D eigenvalue weighted by Gasteiger charge is -2.11. The standard InChI is InChI=1S/C33H23ClN4.C31H19ClN4.C28H19ClN4.C27H17ClN4/c1-20-16-21(2)18-24(17-20)31-35-32(37-33(34)36-31)27-11-7-13-29-30(27)26-10-5-6-12-28(26)38(29)25-15-14-22-8-3-4-9-23(22)19-25;32-31-34-29(20-9-3-1-4-10-20)33-30(35-31)23-15-16-27-25(18-23)26-17-21-11-7-8-12-22(21)19-28(26)36(27)24-13-5-2-6-14-24;1-18-9-5-7-13-23(18)33-24-14-8-6-12-21(24)22-16-15-20(17-25(22)33)27-30-26(31-28(29)32-27)19-10-3-2-4-11-19;28-27-30-25(18-9-3-1-4-10-18)29-26(31-27)19-15-16-22-21-13-7-8-14-23(21)32(24(22)17-19)20-11-5-2-6-12-20/h3-19H,1-2H3;1-19H;2-17H,1H3;1-17H/i;;;1D,3D,4D,9D,10D. The fourth-order valence-electron chi connectivity index (χ4n) is 18.7. The summed E-state index contributed by atoms with van der Waals surface area (Å²) in [4.78, 5) is 54.0. The Labute approximate surface area is 825 Å². The maximum Gasteiger partial charge on any atom is 0.226 e. The second-order valence-electron chi connectivity index (χ2n) is 33.6. The molecule has 0 bridgehead atoms. The Morgan fingerprint density at radius 2 is 0.583 bits per heavy atom. The summed E-state index contributed by atoms with van der Waals surface area (Å²) in [5.41, 5.74) is 22.6. The summed E-state index contributed by atoms with van der Waals surface area (Å²) in [5.74, 6) is 3.50. The van der Waals surface area contributed by atoms with Crippen molar-refractivity contribution in [2.75, 3.05) is 0 Å². The van der Waals surface area contributed by atoms with Crippen LogP contribution in [0.1, 0.15) is 23.5 Å². The maximum atomic E-state index is 8.29. The number of nitrogens with zero attached hydrogens (tertiary/aromatic N) is 16. The molecule has 0 aliphatic heterocycles. The van der Waals surface area contributed by atoms with E-state index in [9.17, 15) is 0 Å². The van der Waals surface area contributed by atoms with E-state index in [1.165, 1.54) is 43.3 Å². The van der Waals surface area contributed by atoms with Crippen LogP contribution in [-0.2, 0) is 0 Å². The second-order valence-corrected chi connectivity index (χ2v) is 35.0. The van der Waals surface area contributed by atoms with E-state index in [2.05, 4.69) is 345 Å². The van der Waals surface area contributed by atoms with Crippen LogP contribution >= 0.6 is 46.4 Å². The van der Waals surface area contributed by atoms with Crippen molar-refractivity contribution >= 4 is 155 Å². The highest BCUT2D eigenvalue weighted by Gasteiger charge is 2.25. The van der Waals surface area contributed by atoms with Gasteiger partial charge in [0.15, 0.2) is 46.6 Å². The Morgan fingerprint density at radius 1 is 0.209 bits per heavy atom. The highest BCUT2D eigenvalue weighted by atomic mass is 35.5. The molecule has 0 amide bonds. The van der Waals surface area contributed by atoms with Crippen LogP contribution in [0.25, 0.3) is 223 Å². The van der Waals surface area contributed by atoms with Gasteiger partial charge in [0.25, 0.3) is 0 Å². The van der Waals surface area contributed by atoms with Gasteiger partial charge in [-0.3, -0.25) is 0 Å². The highest BCUT2D eigenvalue weighted by Crippen LogP contribution is 2.44. The Kier molecular flexibility index (Phi) is 21.3. The van der Waals surface area contributed by atoms with Crippen LogP contribution in [-0.4, -0.2) is 78.1 Å². The maximum absolute atomic E-state index is 8.29. The van der Waals surface area contributed by atoms with Gasteiger partial charge in [-0.1, -0.05) is 308 Å². The van der Waals surface area contributed by atoms with Crippen LogP contribution in [0, 0.1) is 20.8 Å². The van der Waals surface area contributed by atoms with Crippen molar-refractivity contribution in [3.05, 3.63) is 456 Å². The summed E-state index contributed by atoms with van der Waals surface area (Å²) in [6.45, 7) is 6.28. The first-order valence-corrected chi connectivity index (χ1v) is 46.5. The van der Waals surface area contributed by atoms with Crippen molar-refractivity contribution in [1.29, 1.82) is 0 Å². The van der Waals surface area contributed by atoms with E-state index < -0.39 is 30.2 Å². The van der Waals surface area contributed by atoms with Gasteiger partial charge in [-0.2, -0.15) is 39.9 Å². The Hall–Kier alpha value is -17.1. The third-order valence-corrected chi connectivity index (χ3v) is 25.4. The first-order chi connectivity index (χ1) is 70.3. The topological polar surface area (TPSA) is 174 Å². The summed E-state index contributed by atoms with van der Waals surface area (Å²) >= 11 is 25.4. The van der Waals surface area contributed by atoms with Gasteiger partial charge in [0, 0.05) is 110 Å². The molecule has 0 saturated carbocycles. The molecule has 0 aliphatic rings. The molecule has 139 heavy (non-hydrogen) atoms. The quantitative estimate of drug-likeness (QED) is 0.113. The van der Waals surface area contributed by atoms with Gasteiger partial charge in [0.1, 0.15) is 0 Å². The predicted molar refractivity (Wildman–Crippen MR) is 569 cm³/mol. The molecule has 0 aliphatic carbocycles. The first-order valence-electron chi connectivity index (χ1n) is 47.5. The minimum absolute atomic E-state index is 0.0873. The van der Waals surface area contributed by atoms with Crippen LogP contribution in [0.4, 0.5) is 0 Å². The van der Waals surface area contributed by atoms with Crippen molar-refractivity contribution in [2.24, 2.45) is 0 Å². The Morgan fingerprint density at radius 3 is 1.14 bits per heavy atom. The molecule has 0 unspecified atom stereocenters. The fraction of sp³-hybridized carbons (Fsp3) is 0.0252. The molecule has 26 rings (SSSR count). The zero-order valence-corrected chi connectivity index (χ0v) is 77.6. The number of para-hydroxylation sites is 6. The van der Waals surface area contributed by atoms with Gasteiger partial charge in [-0.25, -0.2) is 19.9 Å². The molecule has 16 nitrogen and oxygen atoms in total. The second kappa shape index (κ2) is 36.9. The van der Waals surface area contributed by atoms with Gasteiger partial charge in [-0.15, -0.1) is 0 Å². The summed E-state index contributed by atoms with van der Waals surface area (Å²) in [6.07, 6.45) is 0. The van der Waals surface area contributed by atoms with Crippen LogP contribution in [0.3, 0.4) is 0 Å². The third kappa shape index (κ3) is 16.8. The van der Waals surface area contributed by atoms with E-state index in [1.54, 1.807) is 0 Å². The zero-order valence-electron chi connectivity index (χ0n) is 79.6. The van der Waals surface area contributed by atoms with Crippen molar-refractivity contribution in [3.63, 3.8) is 0 Å². The number of halogens is 4. The van der Waals surface area contributed by atoms with Crippen molar-refractivity contribution in [2.45, 2.75) is 20.8 Å². The lowest BCUT2D eigenvalue weighted by atomic mass is 10.0. The molecule has 8 heterocycles. The van der Waals surface area contributed by atoms with E-state index in [0.717, 1.165) is 138 Å². The van der Waals surface area contributed by atoms with Crippen LogP contribution in [0.2, 0.25) is 21.1 Å². The van der Waals surface area contributed by atoms with Gasteiger partial charge >= 0.3 is 0 Å². The number of benzene rings is 18. The largest absolute Gasteiger partial charge is 0.309 e. The average Bonchev–Trinajstić information content (AvgIpc) is 1.55. The molecule has 662 valence electrons. The van der Waals surface area contributed by atoms with E-state index in [-0.39, 0.29) is 38.3 Å². The number of hydrogen-bond donors (Lipinski definition) is 0. The number of fused-ring (bicyclic) bond motifs is 14. The van der Waals surface area contributed by atoms with E-state index in [0.29, 0.717) is 40.5 Å². The zero-order chi connectivity index (χ0) is 98.1. The Bertz CT molecular complexity index is 9560. The van der Waals surface area contributed by atoms with Crippen molar-refractivity contribution in [3.8, 4) is 114 Å². The lowest BCUT2D eigenvalue weighted by Crippen LogP contribution is -1.98. The summed E-state index contributed by atoms with van der Waals surface area (Å²) < 4.78 is 49.5. The first kappa shape index (κ1) is 80.3. The van der Waals surface area contributed by atoms with Gasteiger partial charge in [0.2, 0.25) is 21.1 Å². The molecule has 18 aromatic carbocycles. The summed E-state index contributed by atoms with van der Waals surface area (Å²) in [7, 11) is 0. The van der Waals surface area contributed by atoms with Crippen molar-refractivity contribution in [1.82, 2.24) is 78.1 Å². The smallest absolute Gasteiger partial charge is 0.226 e. The van der Waals surface area contributed by atoms with Crippen molar-refractivity contribution < 1.29 is 6.85 Å². The molecule has 0 fully saturated rings. The minimum Gasteiger partial charge on any atom is -0.309 e. The fourth-order valence-corrected chi connectivity index (χ4v) is 19.3. The van der Waals surface area contributed by atoms with Gasteiger partial charge < -0.3 is 18.3 Å². The van der Waals surface area contributed by atoms with Crippen LogP contribution in [0.15, 0.2) is 418 Å². The molecular weight excluding hydrogens is 1800 g/mol. The van der Waals surface area contributed by atoms with Crippen LogP contribution in [0.5, 0.6) is 0 Å². The molecule has 0 atom stereocenters. The number of aryl methyl sites for hydroxylation is 3. The van der Waals surface area contributed by atoms with E-state index in [4.69, 9.17) is 68.2 Å². The summed E-state index contributed by atoms with van der Waals surface area (Å²) in [5, 5.41) is 14.3.